The fraction of sp³-hybridized carbons (Fsp3) is 0.364. The van der Waals surface area contributed by atoms with Crippen molar-refractivity contribution < 1.29 is 9.18 Å². The van der Waals surface area contributed by atoms with Crippen LogP contribution in [0.4, 0.5) is 4.39 Å². The van der Waals surface area contributed by atoms with Crippen molar-refractivity contribution in [1.82, 2.24) is 0 Å². The van der Waals surface area contributed by atoms with Crippen LogP contribution in [0.2, 0.25) is 0 Å². The second-order valence-corrected chi connectivity index (χ2v) is 5.16. The molecule has 1 aromatic rings. The number of aryl methyl sites for hydroxylation is 1. The molecule has 80 valence electrons. The Balaban J connectivity index is 2.44. The van der Waals surface area contributed by atoms with Crippen molar-refractivity contribution in [3.63, 3.8) is 0 Å². The zero-order chi connectivity index (χ0) is 11.2. The minimum Gasteiger partial charge on any atom is -0.296 e. The summed E-state index contributed by atoms with van der Waals surface area (Å²) in [6.07, 6.45) is 0.217. The van der Waals surface area contributed by atoms with Crippen molar-refractivity contribution in [2.24, 2.45) is 0 Å². The zero-order valence-electron chi connectivity index (χ0n) is 8.06. The van der Waals surface area contributed by atoms with Gasteiger partial charge in [0.15, 0.2) is 10.1 Å². The smallest absolute Gasteiger partial charge is 0.183 e. The topological polar surface area (TPSA) is 17.1 Å². The zero-order valence-corrected chi connectivity index (χ0v) is 9.57. The molecule has 1 atom stereocenters. The maximum atomic E-state index is 13.6. The van der Waals surface area contributed by atoms with Crippen LogP contribution in [0.15, 0.2) is 18.2 Å². The number of hydrogen-bond donors (Lipinski definition) is 0. The summed E-state index contributed by atoms with van der Waals surface area (Å²) in [5.41, 5.74) is 1.24. The first-order valence-corrected chi connectivity index (χ1v) is 5.36. The Morgan fingerprint density at radius 3 is 2.60 bits per heavy atom. The summed E-state index contributed by atoms with van der Waals surface area (Å²) in [5.74, 6) is -1.01. The highest BCUT2D eigenvalue weighted by Crippen LogP contribution is 2.51. The molecule has 0 bridgehead atoms. The quantitative estimate of drug-likeness (QED) is 0.695. The number of rotatable bonds is 1. The van der Waals surface area contributed by atoms with Gasteiger partial charge in [0.2, 0.25) is 0 Å². The van der Waals surface area contributed by atoms with E-state index in [-0.39, 0.29) is 18.0 Å². The van der Waals surface area contributed by atoms with E-state index >= 15 is 0 Å². The van der Waals surface area contributed by atoms with Gasteiger partial charge in [-0.25, -0.2) is 4.39 Å². The minimum atomic E-state index is -1.45. The maximum Gasteiger partial charge on any atom is 0.183 e. The second-order valence-electron chi connectivity index (χ2n) is 3.77. The molecule has 1 unspecified atom stereocenters. The monoisotopic (exact) mass is 246 g/mol. The largest absolute Gasteiger partial charge is 0.296 e. The Hall–Kier alpha value is -0.600. The Kier molecular flexibility index (Phi) is 2.52. The SMILES string of the molecule is Cc1cccc(F)c1C1CC(=O)C1(Cl)Cl. The summed E-state index contributed by atoms with van der Waals surface area (Å²) in [6, 6.07) is 4.76. The van der Waals surface area contributed by atoms with Gasteiger partial charge in [-0.05, 0) is 24.1 Å². The average molecular weight is 247 g/mol. The van der Waals surface area contributed by atoms with E-state index in [1.54, 1.807) is 19.1 Å². The van der Waals surface area contributed by atoms with Crippen LogP contribution in [0, 0.1) is 12.7 Å². The van der Waals surface area contributed by atoms with Crippen LogP contribution in [0.25, 0.3) is 0 Å². The molecule has 0 aliphatic heterocycles. The number of benzene rings is 1. The van der Waals surface area contributed by atoms with Gasteiger partial charge in [-0.2, -0.15) is 0 Å². The molecule has 1 aliphatic rings. The molecule has 0 radical (unpaired) electrons. The van der Waals surface area contributed by atoms with E-state index in [1.165, 1.54) is 6.07 Å². The van der Waals surface area contributed by atoms with Gasteiger partial charge in [0.25, 0.3) is 0 Å². The molecule has 0 N–H and O–H groups in total. The predicted molar refractivity (Wildman–Crippen MR) is 57.9 cm³/mol. The average Bonchev–Trinajstić information content (AvgIpc) is 2.16. The molecule has 1 aromatic carbocycles. The summed E-state index contributed by atoms with van der Waals surface area (Å²) >= 11 is 11.7. The molecule has 1 nitrogen and oxygen atoms in total. The van der Waals surface area contributed by atoms with Gasteiger partial charge in [-0.3, -0.25) is 4.79 Å². The number of Topliss-reactive ketones (excluding diaryl/α,β-unsaturated/α-hetero) is 1. The van der Waals surface area contributed by atoms with E-state index in [4.69, 9.17) is 23.2 Å². The van der Waals surface area contributed by atoms with Crippen LogP contribution in [0.1, 0.15) is 23.5 Å². The summed E-state index contributed by atoms with van der Waals surface area (Å²) in [5, 5.41) is 0. The Bertz CT molecular complexity index is 408. The number of alkyl halides is 2. The molecule has 1 aliphatic carbocycles. The van der Waals surface area contributed by atoms with Crippen LogP contribution in [0.5, 0.6) is 0 Å². The van der Waals surface area contributed by atoms with Crippen LogP contribution in [-0.2, 0) is 4.79 Å². The molecule has 1 saturated carbocycles. The Morgan fingerprint density at radius 1 is 1.47 bits per heavy atom. The van der Waals surface area contributed by atoms with Crippen LogP contribution in [-0.4, -0.2) is 10.1 Å². The third-order valence-corrected chi connectivity index (χ3v) is 3.77. The van der Waals surface area contributed by atoms with E-state index < -0.39 is 10.3 Å². The van der Waals surface area contributed by atoms with E-state index in [9.17, 15) is 9.18 Å². The van der Waals surface area contributed by atoms with Crippen LogP contribution in [0.3, 0.4) is 0 Å². The lowest BCUT2D eigenvalue weighted by Crippen LogP contribution is -2.46. The van der Waals surface area contributed by atoms with E-state index in [0.29, 0.717) is 5.56 Å². The standard InChI is InChI=1S/C11H9Cl2FO/c1-6-3-2-4-8(14)10(6)7-5-9(15)11(7,12)13/h2-4,7H,5H2,1H3. The second kappa shape index (κ2) is 3.46. The molecule has 4 heteroatoms. The lowest BCUT2D eigenvalue weighted by molar-refractivity contribution is -0.125. The van der Waals surface area contributed by atoms with Gasteiger partial charge in [-0.15, -0.1) is 0 Å². The Labute approximate surface area is 97.2 Å². The van der Waals surface area contributed by atoms with Gasteiger partial charge in [0, 0.05) is 12.3 Å². The van der Waals surface area contributed by atoms with E-state index in [2.05, 4.69) is 0 Å². The number of carbonyl (C=O) groups is 1. The van der Waals surface area contributed by atoms with Gasteiger partial charge in [-0.1, -0.05) is 35.3 Å². The normalized spacial score (nSPS) is 23.7. The number of carbonyl (C=O) groups excluding carboxylic acids is 1. The van der Waals surface area contributed by atoms with Crippen LogP contribution < -0.4 is 0 Å². The number of halogens is 3. The lowest BCUT2D eigenvalue weighted by atomic mass is 9.76. The van der Waals surface area contributed by atoms with Gasteiger partial charge in [0.05, 0.1) is 0 Å². The Morgan fingerprint density at radius 2 is 2.13 bits per heavy atom. The van der Waals surface area contributed by atoms with Crippen molar-refractivity contribution in [2.75, 3.05) is 0 Å². The maximum absolute atomic E-state index is 13.6. The molecular formula is C11H9Cl2FO. The van der Waals surface area contributed by atoms with Crippen molar-refractivity contribution in [1.29, 1.82) is 0 Å². The first-order chi connectivity index (χ1) is 6.94. The van der Waals surface area contributed by atoms with E-state index in [0.717, 1.165) is 5.56 Å². The molecule has 0 heterocycles. The molecule has 2 rings (SSSR count). The van der Waals surface area contributed by atoms with Crippen molar-refractivity contribution in [3.8, 4) is 0 Å². The predicted octanol–water partition coefficient (Wildman–Crippen LogP) is 3.36. The van der Waals surface area contributed by atoms with Gasteiger partial charge >= 0.3 is 0 Å². The molecule has 0 amide bonds. The van der Waals surface area contributed by atoms with Crippen LogP contribution >= 0.6 is 23.2 Å². The van der Waals surface area contributed by atoms with Gasteiger partial charge in [0.1, 0.15) is 5.82 Å². The third-order valence-electron chi connectivity index (χ3n) is 2.82. The first-order valence-electron chi connectivity index (χ1n) is 4.60. The molecule has 15 heavy (non-hydrogen) atoms. The highest BCUT2D eigenvalue weighted by atomic mass is 35.5. The molecule has 0 aromatic heterocycles. The first kappa shape index (κ1) is 10.9. The van der Waals surface area contributed by atoms with Crippen molar-refractivity contribution in [2.45, 2.75) is 23.6 Å². The summed E-state index contributed by atoms with van der Waals surface area (Å²) in [7, 11) is 0. The minimum absolute atomic E-state index is 0.217. The summed E-state index contributed by atoms with van der Waals surface area (Å²) in [6.45, 7) is 1.78. The summed E-state index contributed by atoms with van der Waals surface area (Å²) < 4.78 is 12.1. The van der Waals surface area contributed by atoms with Crippen molar-refractivity contribution >= 4 is 29.0 Å². The van der Waals surface area contributed by atoms with Gasteiger partial charge < -0.3 is 0 Å². The molecular weight excluding hydrogens is 238 g/mol. The highest BCUT2D eigenvalue weighted by molar-refractivity contribution is 6.61. The fourth-order valence-electron chi connectivity index (χ4n) is 1.88. The fourth-order valence-corrected chi connectivity index (χ4v) is 2.41. The number of ketones is 1. The van der Waals surface area contributed by atoms with E-state index in [1.807, 2.05) is 0 Å². The van der Waals surface area contributed by atoms with Crippen molar-refractivity contribution in [3.05, 3.63) is 35.1 Å². The molecule has 0 spiro atoms. The summed E-state index contributed by atoms with van der Waals surface area (Å²) in [4.78, 5) is 11.2. The lowest BCUT2D eigenvalue weighted by Gasteiger charge is -2.38. The molecule has 0 saturated heterocycles. The molecule has 1 fully saturated rings. The number of hydrogen-bond acceptors (Lipinski definition) is 1. The third kappa shape index (κ3) is 1.56. The highest BCUT2D eigenvalue weighted by Gasteiger charge is 2.54.